The van der Waals surface area contributed by atoms with E-state index in [4.69, 9.17) is 4.98 Å². The summed E-state index contributed by atoms with van der Waals surface area (Å²) in [6.45, 7) is 1.85. The smallest absolute Gasteiger partial charge is 0.225 e. The van der Waals surface area contributed by atoms with E-state index in [9.17, 15) is 0 Å². The maximum atomic E-state index is 4.70. The molecule has 1 N–H and O–H groups in total. The first-order valence-electron chi connectivity index (χ1n) is 7.90. The van der Waals surface area contributed by atoms with Crippen LogP contribution in [0.5, 0.6) is 0 Å². The van der Waals surface area contributed by atoms with Crippen LogP contribution >= 0.6 is 0 Å². The van der Waals surface area contributed by atoms with E-state index >= 15 is 0 Å². The van der Waals surface area contributed by atoms with E-state index in [1.807, 2.05) is 36.4 Å². The Hall–Kier alpha value is -2.76. The number of nitrogens with one attached hydrogen (secondary N) is 1. The van der Waals surface area contributed by atoms with Gasteiger partial charge in [-0.2, -0.15) is 5.10 Å². The Kier molecular flexibility index (Phi) is 3.71. The Morgan fingerprint density at radius 2 is 1.87 bits per heavy atom. The summed E-state index contributed by atoms with van der Waals surface area (Å²) in [5.74, 6) is 2.83. The number of piperidine rings is 1. The van der Waals surface area contributed by atoms with Crippen molar-refractivity contribution in [2.75, 3.05) is 18.0 Å². The van der Waals surface area contributed by atoms with Gasteiger partial charge in [-0.15, -0.1) is 0 Å². The highest BCUT2D eigenvalue weighted by molar-refractivity contribution is 5.54. The zero-order chi connectivity index (χ0) is 15.5. The van der Waals surface area contributed by atoms with Crippen molar-refractivity contribution in [3.8, 4) is 11.4 Å². The quantitative estimate of drug-likeness (QED) is 0.805. The standard InChI is InChI=1S/C17H18N6/c1-2-6-13(7-3-1)15-20-16(22-21-15)14-8-4-11-23(12-14)17-18-9-5-10-19-17/h1-3,5-7,9-10,14H,4,8,11-12H2,(H,20,21,22)/t14-/m0/s1. The number of benzene rings is 1. The summed E-state index contributed by atoms with van der Waals surface area (Å²) >= 11 is 0. The molecule has 0 radical (unpaired) electrons. The Labute approximate surface area is 134 Å². The molecule has 4 rings (SSSR count). The van der Waals surface area contributed by atoms with Crippen LogP contribution in [0.25, 0.3) is 11.4 Å². The lowest BCUT2D eigenvalue weighted by Crippen LogP contribution is -2.35. The molecule has 23 heavy (non-hydrogen) atoms. The van der Waals surface area contributed by atoms with Crippen LogP contribution in [0.1, 0.15) is 24.6 Å². The number of hydrogen-bond donors (Lipinski definition) is 1. The minimum absolute atomic E-state index is 0.331. The zero-order valence-electron chi connectivity index (χ0n) is 12.8. The highest BCUT2D eigenvalue weighted by Crippen LogP contribution is 2.27. The Morgan fingerprint density at radius 3 is 2.70 bits per heavy atom. The van der Waals surface area contributed by atoms with Crippen LogP contribution in [-0.2, 0) is 0 Å². The largest absolute Gasteiger partial charge is 0.340 e. The minimum atomic E-state index is 0.331. The molecule has 3 heterocycles. The Bertz CT molecular complexity index is 755. The predicted octanol–water partition coefficient (Wildman–Crippen LogP) is 2.65. The fraction of sp³-hybridized carbons (Fsp3) is 0.294. The van der Waals surface area contributed by atoms with Crippen LogP contribution in [0, 0.1) is 0 Å². The molecular formula is C17H18N6. The van der Waals surface area contributed by atoms with Gasteiger partial charge in [-0.25, -0.2) is 15.0 Å². The van der Waals surface area contributed by atoms with Gasteiger partial charge in [0, 0.05) is 37.0 Å². The van der Waals surface area contributed by atoms with Crippen LogP contribution in [0.15, 0.2) is 48.8 Å². The molecule has 0 amide bonds. The molecule has 1 aliphatic rings. The molecule has 6 heteroatoms. The summed E-state index contributed by atoms with van der Waals surface area (Å²) < 4.78 is 0. The van der Waals surface area contributed by atoms with Crippen molar-refractivity contribution < 1.29 is 0 Å². The lowest BCUT2D eigenvalue weighted by atomic mass is 9.97. The average molecular weight is 306 g/mol. The molecule has 0 saturated carbocycles. The van der Waals surface area contributed by atoms with Crippen molar-refractivity contribution in [3.05, 3.63) is 54.6 Å². The fourth-order valence-corrected chi connectivity index (χ4v) is 3.01. The third-order valence-electron chi connectivity index (χ3n) is 4.18. The van der Waals surface area contributed by atoms with E-state index in [2.05, 4.69) is 25.1 Å². The van der Waals surface area contributed by atoms with Crippen LogP contribution in [-0.4, -0.2) is 38.2 Å². The van der Waals surface area contributed by atoms with Crippen molar-refractivity contribution in [1.82, 2.24) is 25.1 Å². The molecule has 116 valence electrons. The molecule has 1 aliphatic heterocycles. The normalized spacial score (nSPS) is 18.1. The van der Waals surface area contributed by atoms with E-state index in [1.165, 1.54) is 0 Å². The van der Waals surface area contributed by atoms with Crippen LogP contribution in [0.3, 0.4) is 0 Å². The first-order chi connectivity index (χ1) is 11.4. The molecule has 1 aromatic carbocycles. The molecule has 1 fully saturated rings. The third-order valence-corrected chi connectivity index (χ3v) is 4.18. The molecular weight excluding hydrogens is 288 g/mol. The second-order valence-electron chi connectivity index (χ2n) is 5.74. The van der Waals surface area contributed by atoms with E-state index < -0.39 is 0 Å². The highest BCUT2D eigenvalue weighted by Gasteiger charge is 2.25. The second kappa shape index (κ2) is 6.16. The number of H-pyrrole nitrogens is 1. The maximum absolute atomic E-state index is 4.70. The van der Waals surface area contributed by atoms with Crippen LogP contribution < -0.4 is 4.90 Å². The van der Waals surface area contributed by atoms with Crippen molar-refractivity contribution in [2.24, 2.45) is 0 Å². The average Bonchev–Trinajstić information content (AvgIpc) is 3.14. The van der Waals surface area contributed by atoms with Gasteiger partial charge >= 0.3 is 0 Å². The number of rotatable bonds is 3. The summed E-state index contributed by atoms with van der Waals surface area (Å²) in [4.78, 5) is 15.6. The van der Waals surface area contributed by atoms with Crippen LogP contribution in [0.4, 0.5) is 5.95 Å². The van der Waals surface area contributed by atoms with Crippen molar-refractivity contribution in [1.29, 1.82) is 0 Å². The van der Waals surface area contributed by atoms with Gasteiger partial charge in [0.2, 0.25) is 5.95 Å². The molecule has 0 unspecified atom stereocenters. The molecule has 6 nitrogen and oxygen atoms in total. The van der Waals surface area contributed by atoms with E-state index in [1.54, 1.807) is 12.4 Å². The van der Waals surface area contributed by atoms with Gasteiger partial charge in [0.15, 0.2) is 5.82 Å². The molecule has 1 atom stereocenters. The summed E-state index contributed by atoms with van der Waals surface area (Å²) in [5, 5.41) is 7.49. The van der Waals surface area contributed by atoms with Gasteiger partial charge in [-0.3, -0.25) is 5.10 Å². The topological polar surface area (TPSA) is 70.6 Å². The highest BCUT2D eigenvalue weighted by atomic mass is 15.3. The number of hydrogen-bond acceptors (Lipinski definition) is 5. The summed E-state index contributed by atoms with van der Waals surface area (Å²) in [6, 6.07) is 11.9. The SMILES string of the molecule is c1ccc(-c2n[nH]c([C@H]3CCCN(c4ncccn4)C3)n2)cc1. The van der Waals surface area contributed by atoms with Crippen molar-refractivity contribution in [3.63, 3.8) is 0 Å². The molecule has 3 aromatic rings. The predicted molar refractivity (Wildman–Crippen MR) is 88.0 cm³/mol. The van der Waals surface area contributed by atoms with Gasteiger partial charge < -0.3 is 4.90 Å². The second-order valence-corrected chi connectivity index (χ2v) is 5.74. The molecule has 1 saturated heterocycles. The van der Waals surface area contributed by atoms with Gasteiger partial charge in [0.1, 0.15) is 5.82 Å². The van der Waals surface area contributed by atoms with E-state index in [0.717, 1.165) is 49.1 Å². The maximum Gasteiger partial charge on any atom is 0.225 e. The van der Waals surface area contributed by atoms with Crippen molar-refractivity contribution >= 4 is 5.95 Å². The number of aromatic nitrogens is 5. The summed E-state index contributed by atoms with van der Waals surface area (Å²) in [7, 11) is 0. The van der Waals surface area contributed by atoms with E-state index in [0.29, 0.717) is 5.92 Å². The first-order valence-corrected chi connectivity index (χ1v) is 7.90. The van der Waals surface area contributed by atoms with Crippen molar-refractivity contribution in [2.45, 2.75) is 18.8 Å². The van der Waals surface area contributed by atoms with Crippen LogP contribution in [0.2, 0.25) is 0 Å². The molecule has 0 bridgehead atoms. The molecule has 0 aliphatic carbocycles. The minimum Gasteiger partial charge on any atom is -0.340 e. The first kappa shape index (κ1) is 13.9. The number of anilines is 1. The number of nitrogens with zero attached hydrogens (tertiary/aromatic N) is 5. The fourth-order valence-electron chi connectivity index (χ4n) is 3.01. The Balaban J connectivity index is 1.53. The summed E-state index contributed by atoms with van der Waals surface area (Å²) in [5.41, 5.74) is 1.04. The monoisotopic (exact) mass is 306 g/mol. The number of aromatic amines is 1. The molecule has 2 aromatic heterocycles. The summed E-state index contributed by atoms with van der Waals surface area (Å²) in [6.07, 6.45) is 5.78. The lowest BCUT2D eigenvalue weighted by Gasteiger charge is -2.31. The third kappa shape index (κ3) is 2.92. The van der Waals surface area contributed by atoms with Gasteiger partial charge in [-0.05, 0) is 18.9 Å². The van der Waals surface area contributed by atoms with Gasteiger partial charge in [-0.1, -0.05) is 30.3 Å². The van der Waals surface area contributed by atoms with Gasteiger partial charge in [0.25, 0.3) is 0 Å². The van der Waals surface area contributed by atoms with Gasteiger partial charge in [0.05, 0.1) is 0 Å². The Morgan fingerprint density at radius 1 is 1.04 bits per heavy atom. The zero-order valence-corrected chi connectivity index (χ0v) is 12.8. The lowest BCUT2D eigenvalue weighted by molar-refractivity contribution is 0.487. The van der Waals surface area contributed by atoms with E-state index in [-0.39, 0.29) is 0 Å². The molecule has 0 spiro atoms.